The van der Waals surface area contributed by atoms with E-state index in [9.17, 15) is 36.6 Å². The average molecular weight is 443 g/mol. The predicted octanol–water partition coefficient (Wildman–Crippen LogP) is 3.26. The molecular weight excluding hydrogens is 425 g/mol. The monoisotopic (exact) mass is 443 g/mol. The highest BCUT2D eigenvalue weighted by atomic mass is 19.4. The molecular formula is C20H18F5N3O3. The Hall–Kier alpha value is -3.21. The highest BCUT2D eigenvalue weighted by Crippen LogP contribution is 2.35. The number of hydrogen-bond acceptors (Lipinski definition) is 3. The van der Waals surface area contributed by atoms with E-state index in [-0.39, 0.29) is 28.8 Å². The molecule has 1 aliphatic heterocycles. The van der Waals surface area contributed by atoms with Crippen molar-refractivity contribution in [2.75, 3.05) is 4.90 Å². The lowest BCUT2D eigenvalue weighted by atomic mass is 9.94. The number of halogens is 5. The molecule has 0 saturated carbocycles. The maximum absolute atomic E-state index is 13.2. The topological polar surface area (TPSA) is 95.7 Å². The zero-order valence-corrected chi connectivity index (χ0v) is 15.9. The van der Waals surface area contributed by atoms with Crippen LogP contribution in [0.4, 0.5) is 32.4 Å². The highest BCUT2D eigenvalue weighted by Gasteiger charge is 2.36. The number of fused-ring (bicyclic) bond motifs is 1. The molecule has 0 bridgehead atoms. The zero-order valence-electron chi connectivity index (χ0n) is 15.9. The number of nitrogens with one attached hydrogen (secondary N) is 1. The number of aliphatic hydroxyl groups is 1. The first kappa shape index (κ1) is 22.5. The maximum atomic E-state index is 13.2. The predicted molar refractivity (Wildman–Crippen MR) is 100 cm³/mol. The van der Waals surface area contributed by atoms with Crippen molar-refractivity contribution < 1.29 is 36.6 Å². The molecule has 0 unspecified atom stereocenters. The van der Waals surface area contributed by atoms with Crippen LogP contribution in [0.15, 0.2) is 36.4 Å². The summed E-state index contributed by atoms with van der Waals surface area (Å²) in [5.41, 5.74) is 4.38. The summed E-state index contributed by atoms with van der Waals surface area (Å²) in [7, 11) is 0. The van der Waals surface area contributed by atoms with Crippen LogP contribution in [-0.4, -0.2) is 23.1 Å². The van der Waals surface area contributed by atoms with Gasteiger partial charge in [0.15, 0.2) is 0 Å². The Kier molecular flexibility index (Phi) is 6.16. The van der Waals surface area contributed by atoms with Crippen LogP contribution in [0.5, 0.6) is 0 Å². The van der Waals surface area contributed by atoms with Gasteiger partial charge in [-0.15, -0.1) is 0 Å². The Bertz CT molecular complexity index is 1010. The van der Waals surface area contributed by atoms with Crippen LogP contribution < -0.4 is 16.0 Å². The van der Waals surface area contributed by atoms with Crippen LogP contribution >= 0.6 is 0 Å². The molecule has 2 aromatic carbocycles. The van der Waals surface area contributed by atoms with Crippen molar-refractivity contribution in [3.8, 4) is 0 Å². The number of aliphatic hydroxyl groups excluding tert-OH is 1. The molecule has 6 nitrogen and oxygen atoms in total. The molecule has 4 N–H and O–H groups in total. The first-order chi connectivity index (χ1) is 14.5. The van der Waals surface area contributed by atoms with Crippen LogP contribution in [0.25, 0.3) is 0 Å². The fourth-order valence-corrected chi connectivity index (χ4v) is 3.48. The molecule has 166 valence electrons. The summed E-state index contributed by atoms with van der Waals surface area (Å²) < 4.78 is 65.9. The van der Waals surface area contributed by atoms with Gasteiger partial charge in [0.25, 0.3) is 6.43 Å². The second-order valence-electron chi connectivity index (χ2n) is 7.02. The summed E-state index contributed by atoms with van der Waals surface area (Å²) in [4.78, 5) is 25.3. The second kappa shape index (κ2) is 8.50. The van der Waals surface area contributed by atoms with Crippen LogP contribution in [0.2, 0.25) is 0 Å². The van der Waals surface area contributed by atoms with Crippen LogP contribution in [-0.2, 0) is 30.5 Å². The molecule has 11 heteroatoms. The minimum atomic E-state index is -4.66. The molecule has 1 atom stereocenters. The van der Waals surface area contributed by atoms with Crippen molar-refractivity contribution >= 4 is 17.6 Å². The molecule has 1 heterocycles. The third-order valence-electron chi connectivity index (χ3n) is 4.99. The van der Waals surface area contributed by atoms with Gasteiger partial charge in [0.05, 0.1) is 18.7 Å². The van der Waals surface area contributed by atoms with Gasteiger partial charge in [-0.05, 0) is 34.9 Å². The number of nitrogens with two attached hydrogens (primary N) is 1. The SMILES string of the molecule is NC(=O)N[C@@H]1Cc2ccc(C(F)F)cc2N(Cc2cc(C(F)(F)F)ccc2CO)C1=O. The van der Waals surface area contributed by atoms with Crippen molar-refractivity contribution in [3.63, 3.8) is 0 Å². The summed E-state index contributed by atoms with van der Waals surface area (Å²) in [6.45, 7) is -1.03. The normalized spacial score (nSPS) is 16.4. The van der Waals surface area contributed by atoms with Gasteiger partial charge in [0, 0.05) is 17.7 Å². The molecule has 0 saturated heterocycles. The first-order valence-electron chi connectivity index (χ1n) is 9.09. The first-order valence-corrected chi connectivity index (χ1v) is 9.09. The molecule has 3 amide bonds. The molecule has 2 aromatic rings. The number of rotatable bonds is 5. The summed E-state index contributed by atoms with van der Waals surface area (Å²) >= 11 is 0. The zero-order chi connectivity index (χ0) is 22.9. The van der Waals surface area contributed by atoms with Gasteiger partial charge in [0.1, 0.15) is 6.04 Å². The van der Waals surface area contributed by atoms with E-state index in [1.807, 2.05) is 0 Å². The van der Waals surface area contributed by atoms with Crippen LogP contribution in [0.3, 0.4) is 0 Å². The number of urea groups is 1. The molecule has 0 aliphatic carbocycles. The quantitative estimate of drug-likeness (QED) is 0.619. The van der Waals surface area contributed by atoms with E-state index in [0.717, 1.165) is 29.2 Å². The van der Waals surface area contributed by atoms with Crippen molar-refractivity contribution in [1.29, 1.82) is 0 Å². The van der Waals surface area contributed by atoms with Crippen molar-refractivity contribution in [2.45, 2.75) is 38.2 Å². The molecule has 0 aromatic heterocycles. The van der Waals surface area contributed by atoms with Crippen LogP contribution in [0.1, 0.15) is 34.2 Å². The number of carbonyl (C=O) groups excluding carboxylic acids is 2. The largest absolute Gasteiger partial charge is 0.416 e. The van der Waals surface area contributed by atoms with E-state index in [4.69, 9.17) is 5.73 Å². The van der Waals surface area contributed by atoms with Gasteiger partial charge in [-0.2, -0.15) is 13.2 Å². The highest BCUT2D eigenvalue weighted by molar-refractivity contribution is 6.01. The molecule has 31 heavy (non-hydrogen) atoms. The molecule has 1 aliphatic rings. The van der Waals surface area contributed by atoms with Gasteiger partial charge in [-0.1, -0.05) is 18.2 Å². The number of benzene rings is 2. The average Bonchev–Trinajstić information content (AvgIpc) is 2.69. The third-order valence-corrected chi connectivity index (χ3v) is 4.99. The number of alkyl halides is 5. The van der Waals surface area contributed by atoms with E-state index in [0.29, 0.717) is 5.56 Å². The van der Waals surface area contributed by atoms with Gasteiger partial charge in [-0.25, -0.2) is 13.6 Å². The minimum absolute atomic E-state index is 0.0150. The summed E-state index contributed by atoms with van der Waals surface area (Å²) in [5.74, 6) is -0.723. The van der Waals surface area contributed by atoms with Crippen molar-refractivity contribution in [1.82, 2.24) is 5.32 Å². The van der Waals surface area contributed by atoms with Gasteiger partial charge in [0.2, 0.25) is 5.91 Å². The number of anilines is 1. The number of nitrogens with zero attached hydrogens (tertiary/aromatic N) is 1. The smallest absolute Gasteiger partial charge is 0.392 e. The Morgan fingerprint density at radius 1 is 1.19 bits per heavy atom. The van der Waals surface area contributed by atoms with E-state index < -0.39 is 49.3 Å². The van der Waals surface area contributed by atoms with E-state index in [1.165, 1.54) is 12.1 Å². The van der Waals surface area contributed by atoms with E-state index >= 15 is 0 Å². The van der Waals surface area contributed by atoms with E-state index in [2.05, 4.69) is 5.32 Å². The molecule has 0 radical (unpaired) electrons. The fraction of sp³-hybridized carbons (Fsp3) is 0.300. The number of primary amides is 1. The second-order valence-corrected chi connectivity index (χ2v) is 7.02. The van der Waals surface area contributed by atoms with Gasteiger partial charge in [-0.3, -0.25) is 4.79 Å². The number of amides is 3. The summed E-state index contributed by atoms with van der Waals surface area (Å²) in [6, 6.07) is 4.19. The lowest BCUT2D eigenvalue weighted by Crippen LogP contribution is -2.53. The number of hydrogen-bond donors (Lipinski definition) is 3. The van der Waals surface area contributed by atoms with Gasteiger partial charge < -0.3 is 21.1 Å². The third kappa shape index (κ3) is 4.76. The fourth-order valence-electron chi connectivity index (χ4n) is 3.48. The minimum Gasteiger partial charge on any atom is -0.392 e. The van der Waals surface area contributed by atoms with E-state index in [1.54, 1.807) is 0 Å². The molecule has 0 spiro atoms. The Morgan fingerprint density at radius 2 is 1.90 bits per heavy atom. The van der Waals surface area contributed by atoms with Crippen molar-refractivity contribution in [2.24, 2.45) is 5.73 Å². The summed E-state index contributed by atoms with van der Waals surface area (Å²) in [6.07, 6.45) is -7.51. The number of carbonyl (C=O) groups is 2. The Balaban J connectivity index is 2.09. The van der Waals surface area contributed by atoms with Crippen molar-refractivity contribution in [3.05, 3.63) is 64.2 Å². The Morgan fingerprint density at radius 3 is 2.48 bits per heavy atom. The lowest BCUT2D eigenvalue weighted by Gasteiger charge is -2.35. The molecule has 3 rings (SSSR count). The maximum Gasteiger partial charge on any atom is 0.416 e. The lowest BCUT2D eigenvalue weighted by molar-refractivity contribution is -0.137. The van der Waals surface area contributed by atoms with Crippen LogP contribution in [0, 0.1) is 0 Å². The standard InChI is InChI=1S/C20H18F5N3O3/c21-17(22)11-2-1-10-6-15(27-19(26)31)18(30)28(16(10)7-11)8-13-5-14(20(23,24)25)4-3-12(13)9-29/h1-5,7,15,17,29H,6,8-9H2,(H3,26,27,31)/t15-/m1/s1. The molecule has 0 fully saturated rings. The summed E-state index contributed by atoms with van der Waals surface area (Å²) in [5, 5.41) is 11.8. The Labute approximate surface area is 173 Å². The van der Waals surface area contributed by atoms with Gasteiger partial charge >= 0.3 is 12.2 Å².